The first-order chi connectivity index (χ1) is 39.1. The maximum Gasteiger partial charge on any atom is 0.322 e. The number of ether oxygens (including phenoxy) is 11. The number of carbonyl (C=O) groups is 9. The van der Waals surface area contributed by atoms with Gasteiger partial charge >= 0.3 is 35.8 Å². The van der Waals surface area contributed by atoms with Gasteiger partial charge in [0.15, 0.2) is 0 Å². The molecule has 1 unspecified atom stereocenters. The van der Waals surface area contributed by atoms with Crippen LogP contribution in [0.25, 0.3) is 0 Å². The van der Waals surface area contributed by atoms with Gasteiger partial charge in [-0.05, 0) is 104 Å². The van der Waals surface area contributed by atoms with E-state index in [1.54, 1.807) is 0 Å². The molecule has 0 bridgehead atoms. The van der Waals surface area contributed by atoms with Gasteiger partial charge in [0.1, 0.15) is 87.9 Å². The molecule has 0 aliphatic heterocycles. The number of amides is 3. The Morgan fingerprint density at radius 3 is 0.733 bits per heavy atom. The Morgan fingerprint density at radius 2 is 0.535 bits per heavy atom. The molecule has 0 aromatic carbocycles. The minimum absolute atomic E-state index is 0.0218. The Bertz CT molecular complexity index is 1900. The minimum Gasteiger partial charge on any atom is -0.463 e. The summed E-state index contributed by atoms with van der Waals surface area (Å²) in [5, 5.41) is 26.8. The van der Waals surface area contributed by atoms with Gasteiger partial charge in [-0.2, -0.15) is 0 Å². The van der Waals surface area contributed by atoms with Crippen molar-refractivity contribution in [3.63, 3.8) is 0 Å². The lowest BCUT2D eigenvalue weighted by Gasteiger charge is -2.38. The van der Waals surface area contributed by atoms with Crippen LogP contribution >= 0.6 is 95.6 Å². The molecule has 0 aliphatic carbocycles. The number of hydrogen-bond acceptors (Lipinski definition) is 22. The van der Waals surface area contributed by atoms with Crippen molar-refractivity contribution in [3.8, 4) is 0 Å². The molecule has 31 heteroatoms. The smallest absolute Gasteiger partial charge is 0.322 e. The van der Waals surface area contributed by atoms with E-state index in [0.29, 0.717) is 0 Å². The number of rotatable bonds is 44. The van der Waals surface area contributed by atoms with Gasteiger partial charge in [0, 0.05) is 25.0 Å². The summed E-state index contributed by atoms with van der Waals surface area (Å²) in [7, 11) is 0. The van der Waals surface area contributed by atoms with Gasteiger partial charge in [0.25, 0.3) is 0 Å². The van der Waals surface area contributed by atoms with Crippen LogP contribution in [0.4, 0.5) is 0 Å². The van der Waals surface area contributed by atoms with Crippen molar-refractivity contribution in [2.24, 2.45) is 21.7 Å². The number of esters is 6. The summed E-state index contributed by atoms with van der Waals surface area (Å²) >= 11 is 19.6. The summed E-state index contributed by atoms with van der Waals surface area (Å²) in [6.07, 6.45) is -0.980. The third-order valence-electron chi connectivity index (χ3n) is 12.0. The number of carbonyl (C=O) groups excluding carboxylic acids is 9. The van der Waals surface area contributed by atoms with E-state index in [1.165, 1.54) is 104 Å². The highest BCUT2D eigenvalue weighted by Gasteiger charge is 2.46. The second-order valence-electron chi connectivity index (χ2n) is 24.3. The average Bonchev–Trinajstić information content (AvgIpc) is 3.43. The summed E-state index contributed by atoms with van der Waals surface area (Å²) < 4.78 is 54.6. The molecule has 25 nitrogen and oxygen atoms in total. The van der Waals surface area contributed by atoms with E-state index < -0.39 is 180 Å². The molecule has 0 fully saturated rings. The quantitative estimate of drug-likeness (QED) is 0.0230. The molecule has 5 N–H and O–H groups in total. The van der Waals surface area contributed by atoms with E-state index in [9.17, 15) is 48.3 Å². The Labute approximate surface area is 556 Å². The molecule has 1 atom stereocenters. The van der Waals surface area contributed by atoms with Crippen LogP contribution in [-0.4, -0.2) is 228 Å². The zero-order valence-electron chi connectivity index (χ0n) is 52.0. The molecular weight excluding hydrogens is 1530 g/mol. The zero-order chi connectivity index (χ0) is 66.8. The van der Waals surface area contributed by atoms with Gasteiger partial charge in [-0.25, -0.2) is 0 Å². The Balaban J connectivity index is 7.72. The highest BCUT2D eigenvalue weighted by molar-refractivity contribution is 9.11. The molecular formula is C55H91Br6N3O22. The van der Waals surface area contributed by atoms with E-state index in [0.717, 1.165) is 0 Å². The van der Waals surface area contributed by atoms with Crippen LogP contribution in [0.5, 0.6) is 0 Å². The first kappa shape index (κ1) is 83.8. The number of halogens is 6. The van der Waals surface area contributed by atoms with Crippen molar-refractivity contribution in [1.29, 1.82) is 0 Å². The molecule has 0 saturated carbocycles. The van der Waals surface area contributed by atoms with Crippen molar-refractivity contribution in [3.05, 3.63) is 0 Å². The fraction of sp³-hybridized carbons (Fsp3) is 0.836. The third-order valence-corrected chi connectivity index (χ3v) is 13.9. The summed E-state index contributed by atoms with van der Waals surface area (Å²) in [5.41, 5.74) is -7.06. The monoisotopic (exact) mass is 1620 g/mol. The molecule has 0 saturated heterocycles. The van der Waals surface area contributed by atoms with Crippen molar-refractivity contribution in [2.45, 2.75) is 136 Å². The minimum atomic E-state index is -1.81. The normalized spacial score (nSPS) is 13.4. The van der Waals surface area contributed by atoms with Crippen LogP contribution in [0.3, 0.4) is 0 Å². The number of nitrogens with one attached hydrogen (secondary N) is 3. The second kappa shape index (κ2) is 37.4. The molecule has 3 amide bonds. The molecule has 0 aromatic rings. The maximum absolute atomic E-state index is 14.8. The first-order valence-corrected chi connectivity index (χ1v) is 32.1. The number of aliphatic hydroxyl groups is 2. The van der Waals surface area contributed by atoms with Crippen LogP contribution < -0.4 is 16.0 Å². The fourth-order valence-electron chi connectivity index (χ4n) is 6.02. The van der Waals surface area contributed by atoms with Crippen molar-refractivity contribution in [1.82, 2.24) is 16.0 Å². The first-order valence-electron chi connectivity index (χ1n) is 27.3. The molecule has 0 aliphatic rings. The average molecular weight is 1630 g/mol. The molecule has 0 spiro atoms. The largest absolute Gasteiger partial charge is 0.463 e. The molecule has 0 rings (SSSR count). The topological polar surface area (TPSA) is 332 Å². The van der Waals surface area contributed by atoms with Crippen molar-refractivity contribution >= 4 is 149 Å². The second-order valence-corrected chi connectivity index (χ2v) is 36.2. The Kier molecular flexibility index (Phi) is 36.4. The molecule has 0 aromatic heterocycles. The third kappa shape index (κ3) is 33.2. The fourth-order valence-corrected chi connectivity index (χ4v) is 6.71. The van der Waals surface area contributed by atoms with Crippen LogP contribution in [0.1, 0.15) is 104 Å². The lowest BCUT2D eigenvalue weighted by atomic mass is 9.84. The maximum atomic E-state index is 14.8. The van der Waals surface area contributed by atoms with Crippen LogP contribution in [0.15, 0.2) is 0 Å². The van der Waals surface area contributed by atoms with Crippen LogP contribution in [0, 0.1) is 21.7 Å². The predicted molar refractivity (Wildman–Crippen MR) is 337 cm³/mol. The summed E-state index contributed by atoms with van der Waals surface area (Å²) in [4.78, 5) is 123. The van der Waals surface area contributed by atoms with E-state index in [4.69, 9.17) is 57.2 Å². The predicted octanol–water partition coefficient (Wildman–Crippen LogP) is 5.08. The standard InChI is InChI=1S/C55H91Br6N3O22/c1-46(2,56)40(70)81-29-52(13,30-82-41(71)47(3,4)57)37(67)62-26-55(35-80-23-21-78-19-17-76-16-18-77-20-22-79-25-36(66)24-65,27-63-38(68)53(14,31-83-42(72)48(5,6)58)32-84-43(73)49(7,8)59)28-64-39(69)54(15,33-85-44(74)50(9,10)60)34-86-45(75)51(11,12)61/h36,65-66H,16-35H2,1-15H3,(H,62,67)(H,63,68)(H,64,69). The highest BCUT2D eigenvalue weighted by Crippen LogP contribution is 2.30. The van der Waals surface area contributed by atoms with Crippen LogP contribution in [-0.2, 0) is 95.3 Å². The van der Waals surface area contributed by atoms with Gasteiger partial charge in [0.2, 0.25) is 17.7 Å². The summed E-state index contributed by atoms with van der Waals surface area (Å²) in [6, 6.07) is 0. The van der Waals surface area contributed by atoms with Gasteiger partial charge in [-0.15, -0.1) is 0 Å². The van der Waals surface area contributed by atoms with Gasteiger partial charge in [-0.1, -0.05) is 95.6 Å². The Morgan fingerprint density at radius 1 is 0.337 bits per heavy atom. The van der Waals surface area contributed by atoms with E-state index in [1.807, 2.05) is 0 Å². The molecule has 0 heterocycles. The van der Waals surface area contributed by atoms with Gasteiger partial charge in [-0.3, -0.25) is 43.2 Å². The van der Waals surface area contributed by atoms with E-state index in [-0.39, 0.29) is 59.5 Å². The SMILES string of the molecule is CC(C)(Br)C(=O)OCC(C)(COC(=O)C(C)(C)Br)C(=O)NCC(CNC(=O)C(C)(COC(=O)C(C)(C)Br)COC(=O)C(C)(C)Br)(CNC(=O)C(C)(COC(=O)C(C)(C)Br)COC(=O)C(C)(C)Br)COCCOCCOCCOCCOCC(O)CO. The number of aliphatic hydroxyl groups excluding tert-OH is 2. The number of hydrogen-bond donors (Lipinski definition) is 5. The van der Waals surface area contributed by atoms with Gasteiger partial charge < -0.3 is 78.3 Å². The Hall–Kier alpha value is -2.17. The molecule has 0 radical (unpaired) electrons. The summed E-state index contributed by atoms with van der Waals surface area (Å²) in [5.74, 6) is -7.05. The van der Waals surface area contributed by atoms with E-state index in [2.05, 4.69) is 112 Å². The zero-order valence-corrected chi connectivity index (χ0v) is 61.6. The van der Waals surface area contributed by atoms with Crippen LogP contribution in [0.2, 0.25) is 0 Å². The summed E-state index contributed by atoms with van der Waals surface area (Å²) in [6.45, 7) is 17.5. The highest BCUT2D eigenvalue weighted by atomic mass is 79.9. The lowest BCUT2D eigenvalue weighted by molar-refractivity contribution is -0.161. The lowest BCUT2D eigenvalue weighted by Crippen LogP contribution is -2.59. The van der Waals surface area contributed by atoms with Gasteiger partial charge in [0.05, 0.1) is 72.7 Å². The molecule has 86 heavy (non-hydrogen) atoms. The van der Waals surface area contributed by atoms with Crippen molar-refractivity contribution < 1.29 is 105 Å². The molecule has 500 valence electrons. The van der Waals surface area contributed by atoms with E-state index >= 15 is 0 Å². The van der Waals surface area contributed by atoms with Crippen molar-refractivity contribution in [2.75, 3.05) is 132 Å². The number of alkyl halides is 6.